The minimum atomic E-state index is -2.20. The molecule has 0 aromatic carbocycles. The lowest BCUT2D eigenvalue weighted by Crippen LogP contribution is -2.47. The first kappa shape index (κ1) is 19.3. The van der Waals surface area contributed by atoms with Gasteiger partial charge < -0.3 is 18.6 Å². The van der Waals surface area contributed by atoms with Crippen LogP contribution in [-0.2, 0) is 23.4 Å². The molecule has 0 fully saturated rings. The number of carbonyl (C=O) groups excluding carboxylic acids is 1. The fourth-order valence-corrected chi connectivity index (χ4v) is 3.54. The molecule has 20 heavy (non-hydrogen) atoms. The molecule has 0 aliphatic heterocycles. The highest BCUT2D eigenvalue weighted by Crippen LogP contribution is 2.18. The Balaban J connectivity index is 4.35. The van der Waals surface area contributed by atoms with Gasteiger partial charge in [0.15, 0.2) is 6.29 Å². The lowest BCUT2D eigenvalue weighted by Gasteiger charge is -2.31. The molecule has 0 amide bonds. The third-order valence-corrected chi connectivity index (χ3v) is 5.82. The zero-order chi connectivity index (χ0) is 15.8. The van der Waals surface area contributed by atoms with Crippen LogP contribution in [0.1, 0.15) is 34.1 Å². The second kappa shape index (κ2) is 9.28. The van der Waals surface area contributed by atoms with Crippen LogP contribution < -0.4 is 0 Å². The number of hydrogen-bond acceptors (Lipinski definition) is 5. The predicted octanol–water partition coefficient (Wildman–Crippen LogP) is 3.00. The molecule has 0 radical (unpaired) electrons. The van der Waals surface area contributed by atoms with Crippen LogP contribution >= 0.6 is 0 Å². The quantitative estimate of drug-likeness (QED) is 0.269. The summed E-state index contributed by atoms with van der Waals surface area (Å²) in [5.41, 5.74) is 0.173. The van der Waals surface area contributed by atoms with E-state index in [9.17, 15) is 4.79 Å². The van der Waals surface area contributed by atoms with Crippen molar-refractivity contribution in [2.75, 3.05) is 13.4 Å². The van der Waals surface area contributed by atoms with Gasteiger partial charge in [-0.05, 0) is 40.3 Å². The van der Waals surface area contributed by atoms with Crippen molar-refractivity contribution < 1.29 is 23.4 Å². The van der Waals surface area contributed by atoms with Crippen molar-refractivity contribution in [3.05, 3.63) is 12.2 Å². The van der Waals surface area contributed by atoms with Crippen molar-refractivity contribution >= 4 is 14.3 Å². The minimum Gasteiger partial charge on any atom is -0.460 e. The van der Waals surface area contributed by atoms with Gasteiger partial charge in [0.2, 0.25) is 8.32 Å². The van der Waals surface area contributed by atoms with E-state index < -0.39 is 8.32 Å². The van der Waals surface area contributed by atoms with Gasteiger partial charge in [-0.2, -0.15) is 0 Å². The number of esters is 1. The Morgan fingerprint density at radius 3 is 2.30 bits per heavy atom. The Kier molecular flexibility index (Phi) is 8.96. The maximum absolute atomic E-state index is 11.6. The normalized spacial score (nSPS) is 14.7. The van der Waals surface area contributed by atoms with E-state index in [1.54, 1.807) is 6.92 Å². The van der Waals surface area contributed by atoms with E-state index in [2.05, 4.69) is 6.58 Å². The number of hydrogen-bond donors (Lipinski definition) is 0. The summed E-state index contributed by atoms with van der Waals surface area (Å²) in [6, 6.07) is 0. The molecule has 0 aliphatic rings. The van der Waals surface area contributed by atoms with E-state index in [0.29, 0.717) is 18.6 Å². The van der Waals surface area contributed by atoms with Crippen LogP contribution in [0.2, 0.25) is 13.1 Å². The third kappa shape index (κ3) is 7.19. The molecule has 0 saturated heterocycles. The Labute approximate surface area is 123 Å². The molecule has 2 unspecified atom stereocenters. The first-order valence-electron chi connectivity index (χ1n) is 6.98. The molecule has 0 rings (SSSR count). The average Bonchev–Trinajstić information content (AvgIpc) is 2.35. The summed E-state index contributed by atoms with van der Waals surface area (Å²) in [6.45, 7) is 15.7. The van der Waals surface area contributed by atoms with E-state index >= 15 is 0 Å². The first-order chi connectivity index (χ1) is 9.24. The standard InChI is InChI=1S/C14H28O5Si/c1-8-13(19-14(15)11(3)4)20(6,7)18-10-17-12(5)16-9-2/h12-13H,3,8-10H2,1-2,4-7H3. The van der Waals surface area contributed by atoms with Gasteiger partial charge in [0.1, 0.15) is 12.5 Å². The largest absolute Gasteiger partial charge is 0.460 e. The second-order valence-electron chi connectivity index (χ2n) is 5.14. The fourth-order valence-electron chi connectivity index (χ4n) is 1.60. The van der Waals surface area contributed by atoms with Crippen molar-refractivity contribution in [1.29, 1.82) is 0 Å². The maximum Gasteiger partial charge on any atom is 0.333 e. The molecule has 0 aromatic rings. The summed E-state index contributed by atoms with van der Waals surface area (Å²) in [5, 5.41) is 0. The van der Waals surface area contributed by atoms with E-state index in [4.69, 9.17) is 18.6 Å². The van der Waals surface area contributed by atoms with Crippen molar-refractivity contribution in [3.8, 4) is 0 Å². The number of carbonyl (C=O) groups is 1. The molecular weight excluding hydrogens is 276 g/mol. The van der Waals surface area contributed by atoms with Crippen LogP contribution in [0.5, 0.6) is 0 Å². The van der Waals surface area contributed by atoms with Gasteiger partial charge in [-0.1, -0.05) is 13.5 Å². The Hall–Kier alpha value is -0.693. The van der Waals surface area contributed by atoms with Gasteiger partial charge >= 0.3 is 5.97 Å². The van der Waals surface area contributed by atoms with E-state index in [1.165, 1.54) is 0 Å². The molecule has 0 N–H and O–H groups in total. The van der Waals surface area contributed by atoms with Gasteiger partial charge in [-0.3, -0.25) is 0 Å². The molecule has 2 atom stereocenters. The molecule has 0 aliphatic carbocycles. The molecule has 0 saturated carbocycles. The molecule has 0 heterocycles. The highest BCUT2D eigenvalue weighted by molar-refractivity contribution is 6.72. The average molecular weight is 304 g/mol. The van der Waals surface area contributed by atoms with Crippen LogP contribution in [0.3, 0.4) is 0 Å². The van der Waals surface area contributed by atoms with Gasteiger partial charge in [0, 0.05) is 12.2 Å². The fraction of sp³-hybridized carbons (Fsp3) is 0.786. The zero-order valence-corrected chi connectivity index (χ0v) is 14.5. The molecule has 118 valence electrons. The van der Waals surface area contributed by atoms with Crippen molar-refractivity contribution in [2.24, 2.45) is 0 Å². The monoisotopic (exact) mass is 304 g/mol. The number of ether oxygens (including phenoxy) is 3. The third-order valence-electron chi connectivity index (χ3n) is 2.88. The van der Waals surface area contributed by atoms with E-state index in [-0.39, 0.29) is 24.8 Å². The lowest BCUT2D eigenvalue weighted by atomic mass is 10.4. The first-order valence-corrected chi connectivity index (χ1v) is 9.96. The highest BCUT2D eigenvalue weighted by atomic mass is 28.4. The maximum atomic E-state index is 11.6. The SMILES string of the molecule is C=C(C)C(=O)OC(CC)[Si](C)(C)OCOC(C)OCC. The Morgan fingerprint density at radius 1 is 1.25 bits per heavy atom. The van der Waals surface area contributed by atoms with Gasteiger partial charge in [-0.25, -0.2) is 4.79 Å². The molecule has 5 nitrogen and oxygen atoms in total. The summed E-state index contributed by atoms with van der Waals surface area (Å²) >= 11 is 0. The highest BCUT2D eigenvalue weighted by Gasteiger charge is 2.36. The zero-order valence-electron chi connectivity index (χ0n) is 13.5. The predicted molar refractivity (Wildman–Crippen MR) is 80.6 cm³/mol. The van der Waals surface area contributed by atoms with Crippen molar-refractivity contribution in [3.63, 3.8) is 0 Å². The molecule has 0 aromatic heterocycles. The summed E-state index contributed by atoms with van der Waals surface area (Å²) < 4.78 is 21.9. The van der Waals surface area contributed by atoms with Gasteiger partial charge in [0.25, 0.3) is 0 Å². The smallest absolute Gasteiger partial charge is 0.333 e. The van der Waals surface area contributed by atoms with E-state index in [0.717, 1.165) is 0 Å². The second-order valence-corrected chi connectivity index (χ2v) is 9.28. The molecule has 0 spiro atoms. The molecular formula is C14H28O5Si. The summed E-state index contributed by atoms with van der Waals surface area (Å²) in [5.74, 6) is -0.371. The molecule has 6 heteroatoms. The van der Waals surface area contributed by atoms with Gasteiger partial charge in [-0.15, -0.1) is 0 Å². The summed E-state index contributed by atoms with van der Waals surface area (Å²) in [7, 11) is -2.20. The van der Waals surface area contributed by atoms with E-state index in [1.807, 2.05) is 33.9 Å². The van der Waals surface area contributed by atoms with Crippen LogP contribution in [0, 0.1) is 0 Å². The molecule has 0 bridgehead atoms. The van der Waals surface area contributed by atoms with Crippen LogP contribution in [0.25, 0.3) is 0 Å². The van der Waals surface area contributed by atoms with Crippen LogP contribution in [0.4, 0.5) is 0 Å². The topological polar surface area (TPSA) is 54.0 Å². The van der Waals surface area contributed by atoms with Gasteiger partial charge in [0.05, 0.1) is 0 Å². The number of rotatable bonds is 10. The van der Waals surface area contributed by atoms with Crippen molar-refractivity contribution in [2.45, 2.75) is 59.2 Å². The lowest BCUT2D eigenvalue weighted by molar-refractivity contribution is -0.166. The van der Waals surface area contributed by atoms with Crippen molar-refractivity contribution in [1.82, 2.24) is 0 Å². The summed E-state index contributed by atoms with van der Waals surface area (Å²) in [4.78, 5) is 11.6. The van der Waals surface area contributed by atoms with Crippen LogP contribution in [0.15, 0.2) is 12.2 Å². The Bertz CT molecular complexity index is 317. The minimum absolute atomic E-state index is 0.140. The summed E-state index contributed by atoms with van der Waals surface area (Å²) in [6.07, 6.45) is 0.405. The Morgan fingerprint density at radius 2 is 1.85 bits per heavy atom. The van der Waals surface area contributed by atoms with Crippen LogP contribution in [-0.4, -0.2) is 39.7 Å².